The number of amides is 2. The van der Waals surface area contributed by atoms with Crippen LogP contribution in [-0.4, -0.2) is 36.3 Å². The minimum atomic E-state index is -0.954. The van der Waals surface area contributed by atoms with E-state index in [-0.39, 0.29) is 19.1 Å². The van der Waals surface area contributed by atoms with Crippen molar-refractivity contribution in [2.75, 3.05) is 13.1 Å². The molecular formula is C13H17ClN2O4. The fourth-order valence-electron chi connectivity index (χ4n) is 1.37. The number of hydrogen-bond donors (Lipinski definition) is 3. The van der Waals surface area contributed by atoms with E-state index in [9.17, 15) is 9.59 Å². The van der Waals surface area contributed by atoms with E-state index in [1.165, 1.54) is 0 Å². The van der Waals surface area contributed by atoms with Crippen molar-refractivity contribution in [1.29, 1.82) is 0 Å². The standard InChI is InChI=1S/C13H17ClN2O4/c1-9(20-11-4-2-10(14)3-5-11)8-16-13(19)15-7-6-12(17)18/h2-5,9H,6-8H2,1H3,(H,17,18)(H2,15,16,19)/t9-/m0/s1. The van der Waals surface area contributed by atoms with Crippen LogP contribution in [0.5, 0.6) is 5.75 Å². The molecule has 1 rings (SSSR count). The third-order valence-corrected chi connectivity index (χ3v) is 2.58. The van der Waals surface area contributed by atoms with Crippen LogP contribution in [0.1, 0.15) is 13.3 Å². The van der Waals surface area contributed by atoms with Gasteiger partial charge in [-0.15, -0.1) is 0 Å². The van der Waals surface area contributed by atoms with Crippen molar-refractivity contribution in [2.45, 2.75) is 19.4 Å². The van der Waals surface area contributed by atoms with Gasteiger partial charge < -0.3 is 20.5 Å². The van der Waals surface area contributed by atoms with Gasteiger partial charge in [0.25, 0.3) is 0 Å². The lowest BCUT2D eigenvalue weighted by atomic mass is 10.3. The van der Waals surface area contributed by atoms with Crippen LogP contribution in [0.25, 0.3) is 0 Å². The summed E-state index contributed by atoms with van der Waals surface area (Å²) in [5.41, 5.74) is 0. The topological polar surface area (TPSA) is 87.7 Å². The van der Waals surface area contributed by atoms with E-state index in [1.807, 2.05) is 6.92 Å². The average Bonchev–Trinajstić information content (AvgIpc) is 2.39. The van der Waals surface area contributed by atoms with E-state index < -0.39 is 12.0 Å². The fourth-order valence-corrected chi connectivity index (χ4v) is 1.50. The number of carboxylic acid groups (broad SMARTS) is 1. The summed E-state index contributed by atoms with van der Waals surface area (Å²) in [4.78, 5) is 21.6. The van der Waals surface area contributed by atoms with Gasteiger partial charge in [-0.25, -0.2) is 4.79 Å². The van der Waals surface area contributed by atoms with Gasteiger partial charge in [0.1, 0.15) is 11.9 Å². The highest BCUT2D eigenvalue weighted by molar-refractivity contribution is 6.30. The summed E-state index contributed by atoms with van der Waals surface area (Å²) < 4.78 is 5.57. The largest absolute Gasteiger partial charge is 0.489 e. The molecule has 0 aromatic heterocycles. The number of benzene rings is 1. The molecule has 0 unspecified atom stereocenters. The van der Waals surface area contributed by atoms with Crippen LogP contribution >= 0.6 is 11.6 Å². The molecule has 0 radical (unpaired) electrons. The Labute approximate surface area is 122 Å². The fraction of sp³-hybridized carbons (Fsp3) is 0.385. The molecule has 2 amide bonds. The number of ether oxygens (including phenoxy) is 1. The minimum absolute atomic E-state index is 0.0909. The second kappa shape index (κ2) is 8.27. The summed E-state index contributed by atoms with van der Waals surface area (Å²) in [6, 6.07) is 6.50. The van der Waals surface area contributed by atoms with Crippen molar-refractivity contribution >= 4 is 23.6 Å². The average molecular weight is 301 g/mol. The Morgan fingerprint density at radius 3 is 2.55 bits per heavy atom. The number of rotatable bonds is 7. The van der Waals surface area contributed by atoms with Crippen molar-refractivity contribution < 1.29 is 19.4 Å². The van der Waals surface area contributed by atoms with Gasteiger partial charge in [0, 0.05) is 11.6 Å². The third kappa shape index (κ3) is 6.84. The Balaban J connectivity index is 2.22. The van der Waals surface area contributed by atoms with Crippen LogP contribution < -0.4 is 15.4 Å². The molecule has 110 valence electrons. The number of aliphatic carboxylic acids is 1. The Kier molecular flexibility index (Phi) is 6.66. The summed E-state index contributed by atoms with van der Waals surface area (Å²) >= 11 is 5.76. The number of hydrogen-bond acceptors (Lipinski definition) is 3. The number of urea groups is 1. The number of carbonyl (C=O) groups excluding carboxylic acids is 1. The Hall–Kier alpha value is -1.95. The molecule has 0 aliphatic rings. The van der Waals surface area contributed by atoms with E-state index in [1.54, 1.807) is 24.3 Å². The smallest absolute Gasteiger partial charge is 0.314 e. The van der Waals surface area contributed by atoms with Gasteiger partial charge in [0.05, 0.1) is 13.0 Å². The van der Waals surface area contributed by atoms with Crippen LogP contribution in [0.15, 0.2) is 24.3 Å². The van der Waals surface area contributed by atoms with Crippen LogP contribution in [0.2, 0.25) is 5.02 Å². The third-order valence-electron chi connectivity index (χ3n) is 2.33. The first-order valence-electron chi connectivity index (χ1n) is 6.13. The maximum Gasteiger partial charge on any atom is 0.314 e. The number of carbonyl (C=O) groups is 2. The molecule has 0 aliphatic heterocycles. The maximum atomic E-state index is 11.3. The van der Waals surface area contributed by atoms with E-state index in [2.05, 4.69) is 10.6 Å². The van der Waals surface area contributed by atoms with Crippen molar-refractivity contribution in [2.24, 2.45) is 0 Å². The summed E-state index contributed by atoms with van der Waals surface area (Å²) in [5, 5.41) is 14.1. The molecule has 7 heteroatoms. The molecule has 0 spiro atoms. The van der Waals surface area contributed by atoms with Gasteiger partial charge in [-0.2, -0.15) is 0 Å². The lowest BCUT2D eigenvalue weighted by Gasteiger charge is -2.15. The molecule has 6 nitrogen and oxygen atoms in total. The van der Waals surface area contributed by atoms with Gasteiger partial charge in [-0.05, 0) is 31.2 Å². The van der Waals surface area contributed by atoms with Crippen molar-refractivity contribution in [1.82, 2.24) is 10.6 Å². The maximum absolute atomic E-state index is 11.3. The minimum Gasteiger partial charge on any atom is -0.489 e. The van der Waals surface area contributed by atoms with Crippen LogP contribution in [0, 0.1) is 0 Å². The summed E-state index contributed by atoms with van der Waals surface area (Å²) in [6.07, 6.45) is -0.328. The quantitative estimate of drug-likeness (QED) is 0.717. The lowest BCUT2D eigenvalue weighted by molar-refractivity contribution is -0.136. The SMILES string of the molecule is C[C@@H](CNC(=O)NCCC(=O)O)Oc1ccc(Cl)cc1. The van der Waals surface area contributed by atoms with Gasteiger partial charge in [0.2, 0.25) is 0 Å². The first-order chi connectivity index (χ1) is 9.47. The van der Waals surface area contributed by atoms with Gasteiger partial charge >= 0.3 is 12.0 Å². The molecule has 20 heavy (non-hydrogen) atoms. The lowest BCUT2D eigenvalue weighted by Crippen LogP contribution is -2.41. The number of nitrogens with one attached hydrogen (secondary N) is 2. The van der Waals surface area contributed by atoms with E-state index >= 15 is 0 Å². The normalized spacial score (nSPS) is 11.5. The van der Waals surface area contributed by atoms with Crippen molar-refractivity contribution in [3.8, 4) is 5.75 Å². The predicted octanol–water partition coefficient (Wildman–Crippen LogP) is 1.88. The molecule has 0 bridgehead atoms. The first kappa shape index (κ1) is 16.1. The first-order valence-corrected chi connectivity index (χ1v) is 6.51. The van der Waals surface area contributed by atoms with Gasteiger partial charge in [-0.3, -0.25) is 4.79 Å². The highest BCUT2D eigenvalue weighted by Gasteiger charge is 2.07. The Bertz CT molecular complexity index is 450. The van der Waals surface area contributed by atoms with Crippen LogP contribution in [0.3, 0.4) is 0 Å². The molecule has 0 saturated carbocycles. The van der Waals surface area contributed by atoms with Crippen molar-refractivity contribution in [3.63, 3.8) is 0 Å². The summed E-state index contributed by atoms with van der Waals surface area (Å²) in [5.74, 6) is -0.292. The number of carboxylic acids is 1. The molecule has 0 heterocycles. The zero-order valence-electron chi connectivity index (χ0n) is 11.1. The number of halogens is 1. The highest BCUT2D eigenvalue weighted by Crippen LogP contribution is 2.16. The molecule has 0 fully saturated rings. The van der Waals surface area contributed by atoms with Gasteiger partial charge in [-0.1, -0.05) is 11.6 Å². The van der Waals surface area contributed by atoms with Crippen molar-refractivity contribution in [3.05, 3.63) is 29.3 Å². The van der Waals surface area contributed by atoms with E-state index in [0.717, 1.165) is 0 Å². The molecule has 0 aliphatic carbocycles. The zero-order chi connectivity index (χ0) is 15.0. The molecule has 1 aromatic carbocycles. The monoisotopic (exact) mass is 300 g/mol. The zero-order valence-corrected chi connectivity index (χ0v) is 11.8. The molecule has 1 aromatic rings. The second-order valence-corrected chi connectivity index (χ2v) is 4.60. The van der Waals surface area contributed by atoms with Crippen LogP contribution in [0.4, 0.5) is 4.79 Å². The predicted molar refractivity (Wildman–Crippen MR) is 75.2 cm³/mol. The second-order valence-electron chi connectivity index (χ2n) is 4.16. The van der Waals surface area contributed by atoms with E-state index in [4.69, 9.17) is 21.4 Å². The van der Waals surface area contributed by atoms with E-state index in [0.29, 0.717) is 17.3 Å². The molecule has 0 saturated heterocycles. The summed E-state index contributed by atoms with van der Waals surface area (Å²) in [6.45, 7) is 2.21. The van der Waals surface area contributed by atoms with Crippen LogP contribution in [-0.2, 0) is 4.79 Å². The van der Waals surface area contributed by atoms with Gasteiger partial charge in [0.15, 0.2) is 0 Å². The summed E-state index contributed by atoms with van der Waals surface area (Å²) in [7, 11) is 0. The Morgan fingerprint density at radius 1 is 1.30 bits per heavy atom. The highest BCUT2D eigenvalue weighted by atomic mass is 35.5. The molecule has 3 N–H and O–H groups in total. The molecule has 1 atom stereocenters. The molecular weight excluding hydrogens is 284 g/mol. The Morgan fingerprint density at radius 2 is 1.95 bits per heavy atom.